The Morgan fingerprint density at radius 1 is 1.33 bits per heavy atom. The van der Waals surface area contributed by atoms with Gasteiger partial charge >= 0.3 is 0 Å². The number of hydrogen-bond acceptors (Lipinski definition) is 4. The molecule has 1 spiro atoms. The van der Waals surface area contributed by atoms with Gasteiger partial charge in [0.15, 0.2) is 0 Å². The van der Waals surface area contributed by atoms with Crippen molar-refractivity contribution in [2.45, 2.75) is 58.1 Å². The van der Waals surface area contributed by atoms with Crippen molar-refractivity contribution in [3.05, 3.63) is 18.0 Å². The molecule has 148 valence electrons. The number of likely N-dealkylation sites (tertiary alicyclic amines) is 2. The van der Waals surface area contributed by atoms with Gasteiger partial charge in [-0.25, -0.2) is 0 Å². The van der Waals surface area contributed by atoms with Gasteiger partial charge in [0, 0.05) is 51.9 Å². The highest BCUT2D eigenvalue weighted by molar-refractivity contribution is 5.92. The summed E-state index contributed by atoms with van der Waals surface area (Å²) < 4.78 is 7.50. The summed E-state index contributed by atoms with van der Waals surface area (Å²) in [7, 11) is 0. The van der Waals surface area contributed by atoms with Crippen LogP contribution in [-0.4, -0.2) is 70.3 Å². The quantitative estimate of drug-likeness (QED) is 0.808. The first-order chi connectivity index (χ1) is 13.1. The fourth-order valence-electron chi connectivity index (χ4n) is 4.82. The minimum Gasteiger partial charge on any atom is -0.376 e. The molecule has 3 saturated heterocycles. The van der Waals surface area contributed by atoms with Gasteiger partial charge in [0.25, 0.3) is 5.91 Å². The van der Waals surface area contributed by atoms with Gasteiger partial charge < -0.3 is 14.5 Å². The maximum absolute atomic E-state index is 12.8. The Morgan fingerprint density at radius 3 is 2.85 bits per heavy atom. The molecule has 0 N–H and O–H groups in total. The van der Waals surface area contributed by atoms with Crippen LogP contribution in [-0.2, 0) is 16.1 Å². The number of nitrogens with zero attached hydrogens (tertiary/aromatic N) is 4. The molecule has 0 unspecified atom stereocenters. The van der Waals surface area contributed by atoms with E-state index in [0.29, 0.717) is 18.7 Å². The van der Waals surface area contributed by atoms with Crippen LogP contribution < -0.4 is 0 Å². The molecule has 1 atom stereocenters. The summed E-state index contributed by atoms with van der Waals surface area (Å²) in [4.78, 5) is 29.2. The standard InChI is InChI=1S/C20H30N4O3/c1-2-24-17(6-10-21-24)19(26)22-11-8-20(9-12-22)7-5-18(25)23(15-20)14-16-4-3-13-27-16/h6,10,16H,2-5,7-9,11-15H2,1H3/t16-/m0/s1. The van der Waals surface area contributed by atoms with Crippen molar-refractivity contribution < 1.29 is 14.3 Å². The van der Waals surface area contributed by atoms with Gasteiger partial charge in [-0.15, -0.1) is 0 Å². The molecular weight excluding hydrogens is 344 g/mol. The van der Waals surface area contributed by atoms with E-state index in [9.17, 15) is 9.59 Å². The van der Waals surface area contributed by atoms with E-state index in [1.54, 1.807) is 16.9 Å². The monoisotopic (exact) mass is 374 g/mol. The molecule has 0 aromatic carbocycles. The minimum absolute atomic E-state index is 0.0762. The lowest BCUT2D eigenvalue weighted by Gasteiger charge is -2.47. The fraction of sp³-hybridized carbons (Fsp3) is 0.750. The normalized spacial score (nSPS) is 25.4. The highest BCUT2D eigenvalue weighted by Gasteiger charge is 2.42. The zero-order valence-electron chi connectivity index (χ0n) is 16.2. The lowest BCUT2D eigenvalue weighted by molar-refractivity contribution is -0.141. The van der Waals surface area contributed by atoms with Gasteiger partial charge in [-0.1, -0.05) is 0 Å². The molecule has 2 amide bonds. The van der Waals surface area contributed by atoms with Crippen LogP contribution in [0.5, 0.6) is 0 Å². The fourth-order valence-corrected chi connectivity index (χ4v) is 4.82. The molecule has 0 saturated carbocycles. The summed E-state index contributed by atoms with van der Waals surface area (Å²) in [5, 5.41) is 4.21. The van der Waals surface area contributed by atoms with Crippen molar-refractivity contribution >= 4 is 11.8 Å². The van der Waals surface area contributed by atoms with Crippen molar-refractivity contribution in [1.29, 1.82) is 0 Å². The Balaban J connectivity index is 1.37. The Morgan fingerprint density at radius 2 is 2.15 bits per heavy atom. The number of piperidine rings is 2. The first kappa shape index (κ1) is 18.5. The van der Waals surface area contributed by atoms with Crippen molar-refractivity contribution in [3.63, 3.8) is 0 Å². The predicted octanol–water partition coefficient (Wildman–Crippen LogP) is 1.93. The van der Waals surface area contributed by atoms with Gasteiger partial charge in [-0.3, -0.25) is 14.3 Å². The maximum Gasteiger partial charge on any atom is 0.272 e. The van der Waals surface area contributed by atoms with Crippen LogP contribution >= 0.6 is 0 Å². The molecule has 0 aliphatic carbocycles. The molecule has 3 fully saturated rings. The molecule has 4 rings (SSSR count). The molecule has 7 nitrogen and oxygen atoms in total. The van der Waals surface area contributed by atoms with Crippen LogP contribution in [0.1, 0.15) is 55.9 Å². The van der Waals surface area contributed by atoms with Gasteiger partial charge in [0.05, 0.1) is 6.10 Å². The Labute approximate surface area is 160 Å². The third-order valence-corrected chi connectivity index (χ3v) is 6.54. The average molecular weight is 374 g/mol. The highest BCUT2D eigenvalue weighted by atomic mass is 16.5. The molecule has 3 aliphatic rings. The topological polar surface area (TPSA) is 67.7 Å². The summed E-state index contributed by atoms with van der Waals surface area (Å²) in [5.41, 5.74) is 0.834. The van der Waals surface area contributed by atoms with Crippen LogP contribution in [0.25, 0.3) is 0 Å². The van der Waals surface area contributed by atoms with Crippen molar-refractivity contribution in [2.75, 3.05) is 32.8 Å². The Hall–Kier alpha value is -1.89. The molecule has 3 aliphatic heterocycles. The minimum atomic E-state index is 0.0762. The van der Waals surface area contributed by atoms with Gasteiger partial charge in [0.2, 0.25) is 5.91 Å². The number of ether oxygens (including phenoxy) is 1. The highest BCUT2D eigenvalue weighted by Crippen LogP contribution is 2.40. The third-order valence-electron chi connectivity index (χ3n) is 6.54. The van der Waals surface area contributed by atoms with Gasteiger partial charge in [0.1, 0.15) is 5.69 Å². The number of rotatable bonds is 4. The van der Waals surface area contributed by atoms with E-state index in [0.717, 1.165) is 64.9 Å². The lowest BCUT2D eigenvalue weighted by atomic mass is 9.72. The summed E-state index contributed by atoms with van der Waals surface area (Å²) >= 11 is 0. The maximum atomic E-state index is 12.8. The largest absolute Gasteiger partial charge is 0.376 e. The van der Waals surface area contributed by atoms with E-state index in [2.05, 4.69) is 5.10 Å². The predicted molar refractivity (Wildman–Crippen MR) is 100 cm³/mol. The smallest absolute Gasteiger partial charge is 0.272 e. The van der Waals surface area contributed by atoms with Gasteiger partial charge in [-0.05, 0) is 50.5 Å². The van der Waals surface area contributed by atoms with E-state index in [4.69, 9.17) is 4.74 Å². The molecular formula is C20H30N4O3. The van der Waals surface area contributed by atoms with Crippen LogP contribution in [0.4, 0.5) is 0 Å². The summed E-state index contributed by atoms with van der Waals surface area (Å²) in [6.07, 6.45) is 7.57. The molecule has 0 bridgehead atoms. The third kappa shape index (κ3) is 3.74. The molecule has 0 radical (unpaired) electrons. The van der Waals surface area contributed by atoms with E-state index in [-0.39, 0.29) is 23.3 Å². The summed E-state index contributed by atoms with van der Waals surface area (Å²) in [6.45, 7) is 6.59. The van der Waals surface area contributed by atoms with Crippen LogP contribution in [0.15, 0.2) is 12.3 Å². The first-order valence-corrected chi connectivity index (χ1v) is 10.3. The lowest BCUT2D eigenvalue weighted by Crippen LogP contribution is -2.53. The van der Waals surface area contributed by atoms with Gasteiger partial charge in [-0.2, -0.15) is 5.10 Å². The molecule has 27 heavy (non-hydrogen) atoms. The van der Waals surface area contributed by atoms with Crippen LogP contribution in [0.2, 0.25) is 0 Å². The van der Waals surface area contributed by atoms with E-state index in [1.807, 2.05) is 16.7 Å². The summed E-state index contributed by atoms with van der Waals surface area (Å²) in [5.74, 6) is 0.341. The van der Waals surface area contributed by atoms with Crippen molar-refractivity contribution in [2.24, 2.45) is 5.41 Å². The molecule has 1 aromatic heterocycles. The molecule has 4 heterocycles. The van der Waals surface area contributed by atoms with Crippen molar-refractivity contribution in [3.8, 4) is 0 Å². The van der Waals surface area contributed by atoms with Crippen LogP contribution in [0.3, 0.4) is 0 Å². The zero-order chi connectivity index (χ0) is 18.9. The van der Waals surface area contributed by atoms with E-state index in [1.165, 1.54) is 0 Å². The van der Waals surface area contributed by atoms with Crippen molar-refractivity contribution in [1.82, 2.24) is 19.6 Å². The first-order valence-electron chi connectivity index (χ1n) is 10.3. The number of carbonyl (C=O) groups is 2. The second-order valence-corrected chi connectivity index (χ2v) is 8.23. The second-order valence-electron chi connectivity index (χ2n) is 8.23. The van der Waals surface area contributed by atoms with Crippen LogP contribution in [0, 0.1) is 5.41 Å². The van der Waals surface area contributed by atoms with E-state index < -0.39 is 0 Å². The second kappa shape index (κ2) is 7.62. The molecule has 7 heteroatoms. The summed E-state index contributed by atoms with van der Waals surface area (Å²) in [6, 6.07) is 1.80. The number of aromatic nitrogens is 2. The number of hydrogen-bond donors (Lipinski definition) is 0. The zero-order valence-corrected chi connectivity index (χ0v) is 16.2. The molecule has 1 aromatic rings. The number of carbonyl (C=O) groups excluding carboxylic acids is 2. The SMILES string of the molecule is CCn1nccc1C(=O)N1CCC2(CCC(=O)N(C[C@@H]3CCCO3)C2)CC1. The average Bonchev–Trinajstić information content (AvgIpc) is 3.36. The number of amides is 2. The Kier molecular flexibility index (Phi) is 5.21. The number of aryl methyl sites for hydroxylation is 1. The van der Waals surface area contributed by atoms with E-state index >= 15 is 0 Å². The Bertz CT molecular complexity index is 687.